The molecule has 0 aliphatic carbocycles. The first kappa shape index (κ1) is 15.1. The highest BCUT2D eigenvalue weighted by Crippen LogP contribution is 2.28. The van der Waals surface area contributed by atoms with E-state index >= 15 is 0 Å². The van der Waals surface area contributed by atoms with E-state index in [-0.39, 0.29) is 16.5 Å². The SMILES string of the molecule is Cc1cc(C)c([N+](=O)[O-])cc1NCc1ccc(O)c(Cl)c1. The number of hydrogen-bond donors (Lipinski definition) is 2. The summed E-state index contributed by atoms with van der Waals surface area (Å²) in [6, 6.07) is 8.23. The molecule has 0 heterocycles. The molecule has 5 nitrogen and oxygen atoms in total. The third-order valence-corrected chi connectivity index (χ3v) is 3.54. The van der Waals surface area contributed by atoms with Crippen LogP contribution in [-0.2, 0) is 6.54 Å². The lowest BCUT2D eigenvalue weighted by Crippen LogP contribution is -2.03. The van der Waals surface area contributed by atoms with E-state index in [9.17, 15) is 15.2 Å². The van der Waals surface area contributed by atoms with Gasteiger partial charge in [0.25, 0.3) is 5.69 Å². The number of nitro benzene ring substituents is 1. The van der Waals surface area contributed by atoms with Crippen molar-refractivity contribution in [2.75, 3.05) is 5.32 Å². The van der Waals surface area contributed by atoms with Crippen LogP contribution >= 0.6 is 11.6 Å². The third kappa shape index (κ3) is 3.44. The number of hydrogen-bond acceptors (Lipinski definition) is 4. The average molecular weight is 307 g/mol. The highest BCUT2D eigenvalue weighted by Gasteiger charge is 2.13. The van der Waals surface area contributed by atoms with Gasteiger partial charge >= 0.3 is 0 Å². The van der Waals surface area contributed by atoms with Crippen molar-refractivity contribution in [3.63, 3.8) is 0 Å². The maximum absolute atomic E-state index is 11.0. The van der Waals surface area contributed by atoms with Gasteiger partial charge in [-0.3, -0.25) is 10.1 Å². The Kier molecular flexibility index (Phi) is 4.33. The molecule has 0 fully saturated rings. The van der Waals surface area contributed by atoms with E-state index < -0.39 is 4.92 Å². The van der Waals surface area contributed by atoms with Crippen LogP contribution in [0.15, 0.2) is 30.3 Å². The van der Waals surface area contributed by atoms with Crippen LogP contribution in [0.25, 0.3) is 0 Å². The van der Waals surface area contributed by atoms with Crippen molar-refractivity contribution in [2.45, 2.75) is 20.4 Å². The molecule has 0 bridgehead atoms. The second-order valence-electron chi connectivity index (χ2n) is 4.85. The van der Waals surface area contributed by atoms with Gasteiger partial charge in [-0.2, -0.15) is 0 Å². The molecule has 110 valence electrons. The first-order valence-electron chi connectivity index (χ1n) is 6.35. The minimum Gasteiger partial charge on any atom is -0.506 e. The van der Waals surface area contributed by atoms with E-state index in [1.807, 2.05) is 6.92 Å². The van der Waals surface area contributed by atoms with Crippen molar-refractivity contribution < 1.29 is 10.0 Å². The molecule has 2 aromatic carbocycles. The number of aromatic hydroxyl groups is 1. The predicted octanol–water partition coefficient (Wildman–Crippen LogP) is 4.18. The Morgan fingerprint density at radius 2 is 1.95 bits per heavy atom. The van der Waals surface area contributed by atoms with Gasteiger partial charge < -0.3 is 10.4 Å². The molecule has 21 heavy (non-hydrogen) atoms. The number of nitro groups is 1. The highest BCUT2D eigenvalue weighted by molar-refractivity contribution is 6.32. The maximum Gasteiger partial charge on any atom is 0.274 e. The number of benzene rings is 2. The van der Waals surface area contributed by atoms with E-state index in [2.05, 4.69) is 5.32 Å². The minimum atomic E-state index is -0.391. The van der Waals surface area contributed by atoms with E-state index in [4.69, 9.17) is 11.6 Å². The zero-order valence-electron chi connectivity index (χ0n) is 11.7. The molecule has 0 aliphatic rings. The Balaban J connectivity index is 2.21. The van der Waals surface area contributed by atoms with Crippen LogP contribution in [-0.4, -0.2) is 10.0 Å². The van der Waals surface area contributed by atoms with Gasteiger partial charge in [0.05, 0.1) is 9.95 Å². The zero-order chi connectivity index (χ0) is 15.6. The van der Waals surface area contributed by atoms with Crippen LogP contribution in [0.1, 0.15) is 16.7 Å². The van der Waals surface area contributed by atoms with Crippen molar-refractivity contribution >= 4 is 23.0 Å². The number of halogens is 1. The molecule has 0 spiro atoms. The summed E-state index contributed by atoms with van der Waals surface area (Å²) in [6.07, 6.45) is 0. The van der Waals surface area contributed by atoms with Gasteiger partial charge in [-0.05, 0) is 43.2 Å². The first-order chi connectivity index (χ1) is 9.88. The number of rotatable bonds is 4. The van der Waals surface area contributed by atoms with Crippen LogP contribution in [0.4, 0.5) is 11.4 Å². The first-order valence-corrected chi connectivity index (χ1v) is 6.73. The third-order valence-electron chi connectivity index (χ3n) is 3.23. The van der Waals surface area contributed by atoms with Crippen molar-refractivity contribution in [3.8, 4) is 5.75 Å². The smallest absolute Gasteiger partial charge is 0.274 e. The fraction of sp³-hybridized carbons (Fsp3) is 0.200. The van der Waals surface area contributed by atoms with E-state index in [1.54, 1.807) is 25.1 Å². The summed E-state index contributed by atoms with van der Waals surface area (Å²) in [5, 5.41) is 23.8. The standard InChI is InChI=1S/C15H15ClN2O3/c1-9-5-10(2)14(18(20)21)7-13(9)17-8-11-3-4-15(19)12(16)6-11/h3-7,17,19H,8H2,1-2H3. The van der Waals surface area contributed by atoms with Gasteiger partial charge in [-0.15, -0.1) is 0 Å². The zero-order valence-corrected chi connectivity index (χ0v) is 12.4. The molecule has 2 rings (SSSR count). The van der Waals surface area contributed by atoms with Gasteiger partial charge in [0.15, 0.2) is 0 Å². The fourth-order valence-electron chi connectivity index (χ4n) is 2.09. The van der Waals surface area contributed by atoms with Crippen LogP contribution in [0.3, 0.4) is 0 Å². The summed E-state index contributed by atoms with van der Waals surface area (Å²) in [6.45, 7) is 4.07. The van der Waals surface area contributed by atoms with E-state index in [0.29, 0.717) is 17.8 Å². The molecular formula is C15H15ClN2O3. The van der Waals surface area contributed by atoms with Crippen molar-refractivity contribution in [1.29, 1.82) is 0 Å². The Hall–Kier alpha value is -2.27. The van der Waals surface area contributed by atoms with Crippen molar-refractivity contribution in [1.82, 2.24) is 0 Å². The van der Waals surface area contributed by atoms with Crippen LogP contribution in [0.2, 0.25) is 5.02 Å². The molecular weight excluding hydrogens is 292 g/mol. The molecule has 2 N–H and O–H groups in total. The van der Waals surface area contributed by atoms with E-state index in [1.165, 1.54) is 12.1 Å². The summed E-state index contributed by atoms with van der Waals surface area (Å²) >= 11 is 5.85. The molecule has 2 aromatic rings. The number of phenols is 1. The molecule has 0 atom stereocenters. The molecule has 0 aromatic heterocycles. The average Bonchev–Trinajstić information content (AvgIpc) is 2.41. The summed E-state index contributed by atoms with van der Waals surface area (Å²) in [7, 11) is 0. The minimum absolute atomic E-state index is 0.0302. The molecule has 0 radical (unpaired) electrons. The van der Waals surface area contributed by atoms with Gasteiger partial charge in [0.1, 0.15) is 5.75 Å². The highest BCUT2D eigenvalue weighted by atomic mass is 35.5. The number of phenolic OH excluding ortho intramolecular Hbond substituents is 1. The second-order valence-corrected chi connectivity index (χ2v) is 5.26. The number of nitrogens with one attached hydrogen (secondary N) is 1. The summed E-state index contributed by atoms with van der Waals surface area (Å²) in [5.41, 5.74) is 3.24. The van der Waals surface area contributed by atoms with Crippen molar-refractivity contribution in [3.05, 3.63) is 62.2 Å². The molecule has 0 unspecified atom stereocenters. The summed E-state index contributed by atoms with van der Waals surface area (Å²) < 4.78 is 0. The van der Waals surface area contributed by atoms with Crippen LogP contribution in [0.5, 0.6) is 5.75 Å². The molecule has 0 saturated carbocycles. The molecule has 6 heteroatoms. The topological polar surface area (TPSA) is 75.4 Å². The van der Waals surface area contributed by atoms with Gasteiger partial charge in [0.2, 0.25) is 0 Å². The van der Waals surface area contributed by atoms with Crippen LogP contribution in [0, 0.1) is 24.0 Å². The lowest BCUT2D eigenvalue weighted by molar-refractivity contribution is -0.385. The van der Waals surface area contributed by atoms with Crippen molar-refractivity contribution in [2.24, 2.45) is 0 Å². The Morgan fingerprint density at radius 3 is 2.57 bits per heavy atom. The monoisotopic (exact) mass is 306 g/mol. The lowest BCUT2D eigenvalue weighted by Gasteiger charge is -2.11. The quantitative estimate of drug-likeness (QED) is 0.656. The Labute approximate surface area is 127 Å². The fourth-order valence-corrected chi connectivity index (χ4v) is 2.29. The van der Waals surface area contributed by atoms with Gasteiger partial charge in [-0.25, -0.2) is 0 Å². The largest absolute Gasteiger partial charge is 0.506 e. The maximum atomic E-state index is 11.0. The molecule has 0 saturated heterocycles. The lowest BCUT2D eigenvalue weighted by atomic mass is 10.1. The van der Waals surface area contributed by atoms with Gasteiger partial charge in [-0.1, -0.05) is 17.7 Å². The number of aryl methyl sites for hydroxylation is 2. The summed E-state index contributed by atoms with van der Waals surface area (Å²) in [4.78, 5) is 10.6. The number of anilines is 1. The van der Waals surface area contributed by atoms with E-state index in [0.717, 1.165) is 11.1 Å². The second kappa shape index (κ2) is 6.01. The number of nitrogens with zero attached hydrogens (tertiary/aromatic N) is 1. The Morgan fingerprint density at radius 1 is 1.24 bits per heavy atom. The van der Waals surface area contributed by atoms with Gasteiger partial charge in [0, 0.05) is 23.9 Å². The molecule has 0 amide bonds. The predicted molar refractivity (Wildman–Crippen MR) is 83.0 cm³/mol. The van der Waals surface area contributed by atoms with Crippen LogP contribution < -0.4 is 5.32 Å². The summed E-state index contributed by atoms with van der Waals surface area (Å²) in [5.74, 6) is 0.0302. The Bertz CT molecular complexity index is 702. The molecule has 0 aliphatic heterocycles. The normalized spacial score (nSPS) is 10.4.